The molecule has 104 valence electrons. The number of nitrogens with one attached hydrogen (secondary N) is 1. The van der Waals surface area contributed by atoms with Gasteiger partial charge in [0.15, 0.2) is 0 Å². The fraction of sp³-hybridized carbons (Fsp3) is 0.500. The van der Waals surface area contributed by atoms with Gasteiger partial charge in [-0.1, -0.05) is 28.1 Å². The van der Waals surface area contributed by atoms with Gasteiger partial charge in [-0.05, 0) is 37.5 Å². The van der Waals surface area contributed by atoms with Gasteiger partial charge < -0.3 is 10.1 Å². The lowest BCUT2D eigenvalue weighted by atomic mass is 9.89. The topological polar surface area (TPSA) is 38.3 Å². The smallest absolute Gasteiger partial charge is 0.407 e. The highest BCUT2D eigenvalue weighted by atomic mass is 79.9. The van der Waals surface area contributed by atoms with Crippen molar-refractivity contribution in [3.05, 3.63) is 34.3 Å². The second-order valence-corrected chi connectivity index (χ2v) is 6.15. The number of rotatable bonds is 5. The summed E-state index contributed by atoms with van der Waals surface area (Å²) < 4.78 is 6.01. The van der Waals surface area contributed by atoms with Gasteiger partial charge in [-0.25, -0.2) is 4.79 Å². The van der Waals surface area contributed by atoms with E-state index in [1.165, 1.54) is 5.56 Å². The molecule has 1 aromatic carbocycles. The summed E-state index contributed by atoms with van der Waals surface area (Å²) in [6.07, 6.45) is 1.79. The third kappa shape index (κ3) is 3.42. The Hall–Kier alpha value is -0.740. The second-order valence-electron chi connectivity index (χ2n) is 4.85. The summed E-state index contributed by atoms with van der Waals surface area (Å²) in [5.41, 5.74) is 1.32. The summed E-state index contributed by atoms with van der Waals surface area (Å²) in [7, 11) is 0. The highest BCUT2D eigenvalue weighted by molar-refractivity contribution is 9.10. The molecule has 1 N–H and O–H groups in total. The van der Waals surface area contributed by atoms with Crippen molar-refractivity contribution in [1.29, 1.82) is 0 Å². The van der Waals surface area contributed by atoms with Crippen molar-refractivity contribution in [2.45, 2.75) is 31.2 Å². The zero-order valence-electron chi connectivity index (χ0n) is 10.8. The van der Waals surface area contributed by atoms with Crippen molar-refractivity contribution in [2.75, 3.05) is 12.5 Å². The van der Waals surface area contributed by atoms with Gasteiger partial charge in [-0.2, -0.15) is 0 Å². The lowest BCUT2D eigenvalue weighted by molar-refractivity contribution is 0.147. The molecule has 19 heavy (non-hydrogen) atoms. The fourth-order valence-corrected chi connectivity index (χ4v) is 2.72. The number of carbonyl (C=O) groups is 1. The summed E-state index contributed by atoms with van der Waals surface area (Å²) in [5, 5.41) is 2.90. The maximum absolute atomic E-state index is 11.6. The molecule has 0 bridgehead atoms. The molecule has 0 aliphatic heterocycles. The van der Waals surface area contributed by atoms with Gasteiger partial charge in [-0.15, -0.1) is 11.6 Å². The molecule has 5 heteroatoms. The number of halogens is 2. The molecule has 0 heterocycles. The number of amides is 1. The van der Waals surface area contributed by atoms with Crippen LogP contribution in [0.5, 0.6) is 0 Å². The number of hydrogen-bond donors (Lipinski definition) is 1. The van der Waals surface area contributed by atoms with Crippen LogP contribution < -0.4 is 5.32 Å². The molecule has 1 unspecified atom stereocenters. The van der Waals surface area contributed by atoms with Crippen molar-refractivity contribution >= 4 is 33.6 Å². The summed E-state index contributed by atoms with van der Waals surface area (Å²) >= 11 is 8.92. The predicted octanol–water partition coefficient (Wildman–Crippen LogP) is 3.83. The first-order valence-electron chi connectivity index (χ1n) is 6.34. The van der Waals surface area contributed by atoms with Crippen LogP contribution in [0.4, 0.5) is 4.79 Å². The minimum atomic E-state index is -0.392. The molecule has 1 fully saturated rings. The molecule has 1 atom stereocenters. The Balaban J connectivity index is 2.00. The predicted molar refractivity (Wildman–Crippen MR) is 79.7 cm³/mol. The lowest BCUT2D eigenvalue weighted by Gasteiger charge is -2.24. The first-order chi connectivity index (χ1) is 9.08. The largest absolute Gasteiger partial charge is 0.448 e. The molecule has 1 aliphatic carbocycles. The van der Waals surface area contributed by atoms with Crippen LogP contribution in [0.3, 0.4) is 0 Å². The molecule has 1 saturated carbocycles. The van der Waals surface area contributed by atoms with Crippen molar-refractivity contribution in [1.82, 2.24) is 5.32 Å². The molecule has 0 saturated heterocycles. The molecular weight excluding hydrogens is 330 g/mol. The summed E-state index contributed by atoms with van der Waals surface area (Å²) in [4.78, 5) is 11.6. The molecular formula is C14H17BrClNO2. The van der Waals surface area contributed by atoms with Crippen LogP contribution >= 0.6 is 27.5 Å². The van der Waals surface area contributed by atoms with E-state index in [0.717, 1.165) is 17.3 Å². The molecule has 3 nitrogen and oxygen atoms in total. The molecule has 1 amide bonds. The highest BCUT2D eigenvalue weighted by Crippen LogP contribution is 2.51. The summed E-state index contributed by atoms with van der Waals surface area (Å²) in [5.74, 6) is 0.319. The van der Waals surface area contributed by atoms with Gasteiger partial charge in [-0.3, -0.25) is 0 Å². The standard InChI is InChI=1S/C14H17BrClNO2/c1-10(17-13(18)19-9-8-16)14(6-7-14)11-2-4-12(15)5-3-11/h2-5,10H,6-9H2,1H3,(H,17,18). The lowest BCUT2D eigenvalue weighted by Crippen LogP contribution is -2.41. The number of benzene rings is 1. The van der Waals surface area contributed by atoms with E-state index in [-0.39, 0.29) is 18.1 Å². The van der Waals surface area contributed by atoms with Crippen molar-refractivity contribution in [3.8, 4) is 0 Å². The molecule has 0 spiro atoms. The number of alkyl halides is 1. The molecule has 0 radical (unpaired) electrons. The van der Waals surface area contributed by atoms with Crippen LogP contribution in [0.15, 0.2) is 28.7 Å². The van der Waals surface area contributed by atoms with Crippen LogP contribution in [-0.4, -0.2) is 24.6 Å². The van der Waals surface area contributed by atoms with Gasteiger partial charge in [0.05, 0.1) is 5.88 Å². The van der Waals surface area contributed by atoms with Crippen molar-refractivity contribution in [3.63, 3.8) is 0 Å². The Morgan fingerprint density at radius 3 is 2.63 bits per heavy atom. The Morgan fingerprint density at radius 1 is 1.47 bits per heavy atom. The average Bonchev–Trinajstić information content (AvgIpc) is 3.18. The zero-order chi connectivity index (χ0) is 13.9. The first-order valence-corrected chi connectivity index (χ1v) is 7.66. The van der Waals surface area contributed by atoms with Gasteiger partial charge in [0.2, 0.25) is 0 Å². The van der Waals surface area contributed by atoms with Crippen LogP contribution in [-0.2, 0) is 10.2 Å². The number of hydrogen-bond acceptors (Lipinski definition) is 2. The summed E-state index contributed by atoms with van der Waals surface area (Å²) in [6.45, 7) is 2.27. The summed E-state index contributed by atoms with van der Waals surface area (Å²) in [6, 6.07) is 8.34. The quantitative estimate of drug-likeness (QED) is 0.823. The normalized spacial score (nSPS) is 17.6. The molecule has 0 aromatic heterocycles. The zero-order valence-corrected chi connectivity index (χ0v) is 13.1. The monoisotopic (exact) mass is 345 g/mol. The van der Waals surface area contributed by atoms with Crippen molar-refractivity contribution < 1.29 is 9.53 Å². The first kappa shape index (κ1) is 14.7. The Morgan fingerprint density at radius 2 is 2.11 bits per heavy atom. The van der Waals surface area contributed by atoms with E-state index < -0.39 is 6.09 Å². The minimum absolute atomic E-state index is 0.0523. The van der Waals surface area contributed by atoms with Gasteiger partial charge >= 0.3 is 6.09 Å². The third-order valence-corrected chi connectivity index (χ3v) is 4.36. The van der Waals surface area contributed by atoms with Crippen molar-refractivity contribution in [2.24, 2.45) is 0 Å². The van der Waals surface area contributed by atoms with E-state index in [0.29, 0.717) is 5.88 Å². The minimum Gasteiger partial charge on any atom is -0.448 e. The Kier molecular flexibility index (Phi) is 4.74. The second kappa shape index (κ2) is 6.14. The molecule has 1 aromatic rings. The third-order valence-electron chi connectivity index (χ3n) is 3.68. The van der Waals surface area contributed by atoms with E-state index in [2.05, 4.69) is 33.4 Å². The number of carbonyl (C=O) groups excluding carboxylic acids is 1. The van der Waals surface area contributed by atoms with Crippen LogP contribution in [0.1, 0.15) is 25.3 Å². The van der Waals surface area contributed by atoms with E-state index in [4.69, 9.17) is 16.3 Å². The van der Waals surface area contributed by atoms with Crippen LogP contribution in [0.2, 0.25) is 0 Å². The maximum atomic E-state index is 11.6. The number of ether oxygens (including phenoxy) is 1. The highest BCUT2D eigenvalue weighted by Gasteiger charge is 2.49. The Bertz CT molecular complexity index is 445. The van der Waals surface area contributed by atoms with E-state index in [1.54, 1.807) is 0 Å². The SMILES string of the molecule is CC(NC(=O)OCCCl)C1(c2ccc(Br)cc2)CC1. The van der Waals surface area contributed by atoms with Gasteiger partial charge in [0, 0.05) is 15.9 Å². The molecule has 2 rings (SSSR count). The van der Waals surface area contributed by atoms with Gasteiger partial charge in [0.25, 0.3) is 0 Å². The fourth-order valence-electron chi connectivity index (χ4n) is 2.38. The Labute approximate surface area is 126 Å². The van der Waals surface area contributed by atoms with Gasteiger partial charge in [0.1, 0.15) is 6.61 Å². The van der Waals surface area contributed by atoms with Crippen LogP contribution in [0, 0.1) is 0 Å². The van der Waals surface area contributed by atoms with E-state index in [1.807, 2.05) is 19.1 Å². The van der Waals surface area contributed by atoms with E-state index >= 15 is 0 Å². The van der Waals surface area contributed by atoms with Crippen LogP contribution in [0.25, 0.3) is 0 Å². The number of alkyl carbamates (subject to hydrolysis) is 1. The molecule has 1 aliphatic rings. The van der Waals surface area contributed by atoms with E-state index in [9.17, 15) is 4.79 Å². The average molecular weight is 347 g/mol. The maximum Gasteiger partial charge on any atom is 0.407 e.